The fourth-order valence-corrected chi connectivity index (χ4v) is 4.73. The molecule has 1 aromatic rings. The molecule has 1 aromatic carbocycles. The third-order valence-corrected chi connectivity index (χ3v) is 6.69. The molecule has 32 heavy (non-hydrogen) atoms. The Morgan fingerprint density at radius 2 is 2.00 bits per heavy atom. The molecule has 7 heteroatoms. The van der Waals surface area contributed by atoms with Gasteiger partial charge in [0.2, 0.25) is 0 Å². The molecule has 2 aliphatic rings. The first-order valence-electron chi connectivity index (χ1n) is 11.5. The third-order valence-electron chi connectivity index (χ3n) is 6.69. The van der Waals surface area contributed by atoms with E-state index in [0.717, 1.165) is 32.0 Å². The van der Waals surface area contributed by atoms with Gasteiger partial charge in [0.15, 0.2) is 5.76 Å². The average molecular weight is 445 g/mol. The maximum atomic E-state index is 14.1. The maximum Gasteiger partial charge on any atom is 0.257 e. The second-order valence-electron chi connectivity index (χ2n) is 9.25. The van der Waals surface area contributed by atoms with Crippen molar-refractivity contribution >= 4 is 5.91 Å². The van der Waals surface area contributed by atoms with E-state index in [1.54, 1.807) is 11.0 Å². The number of amides is 1. The quantitative estimate of drug-likeness (QED) is 0.490. The molecule has 1 amide bonds. The molecule has 2 heterocycles. The lowest BCUT2D eigenvalue weighted by Crippen LogP contribution is -2.60. The van der Waals surface area contributed by atoms with Crippen molar-refractivity contribution in [2.75, 3.05) is 46.8 Å². The molecule has 0 unspecified atom stereocenters. The molecule has 0 radical (unpaired) electrons. The lowest BCUT2D eigenvalue weighted by Gasteiger charge is -2.55. The van der Waals surface area contributed by atoms with Crippen molar-refractivity contribution in [3.63, 3.8) is 0 Å². The number of allylic oxidation sites excluding steroid dienone is 1. The Balaban J connectivity index is 1.85. The van der Waals surface area contributed by atoms with Gasteiger partial charge in [-0.05, 0) is 78.0 Å². The van der Waals surface area contributed by atoms with Crippen LogP contribution in [0.2, 0.25) is 0 Å². The molecular formula is C25H37FN4O2. The van der Waals surface area contributed by atoms with Crippen LogP contribution in [0.5, 0.6) is 5.75 Å². The molecule has 1 N–H and O–H groups in total. The van der Waals surface area contributed by atoms with Gasteiger partial charge in [-0.2, -0.15) is 0 Å². The van der Waals surface area contributed by atoms with Gasteiger partial charge in [0, 0.05) is 38.1 Å². The molecule has 6 nitrogen and oxygen atoms in total. The van der Waals surface area contributed by atoms with E-state index in [-0.39, 0.29) is 17.5 Å². The topological polar surface area (TPSA) is 48.1 Å². The Hall–Kier alpha value is -2.54. The van der Waals surface area contributed by atoms with Gasteiger partial charge in [0.05, 0.1) is 5.56 Å². The first-order valence-corrected chi connectivity index (χ1v) is 11.5. The first-order chi connectivity index (χ1) is 15.2. The zero-order valence-corrected chi connectivity index (χ0v) is 20.1. The van der Waals surface area contributed by atoms with Gasteiger partial charge in [-0.15, -0.1) is 0 Å². The summed E-state index contributed by atoms with van der Waals surface area (Å²) in [5, 5.41) is 3.25. The van der Waals surface area contributed by atoms with Crippen LogP contribution < -0.4 is 10.1 Å². The van der Waals surface area contributed by atoms with Crippen LogP contribution in [0.3, 0.4) is 0 Å². The fourth-order valence-electron chi connectivity index (χ4n) is 4.73. The lowest BCUT2D eigenvalue weighted by atomic mass is 9.72. The van der Waals surface area contributed by atoms with Crippen molar-refractivity contribution in [1.29, 1.82) is 0 Å². The number of piperidine rings is 1. The second-order valence-corrected chi connectivity index (χ2v) is 9.25. The van der Waals surface area contributed by atoms with Crippen LogP contribution in [0, 0.1) is 11.2 Å². The van der Waals surface area contributed by atoms with Crippen molar-refractivity contribution < 1.29 is 13.9 Å². The van der Waals surface area contributed by atoms with E-state index < -0.39 is 5.82 Å². The number of hydrogen-bond donors (Lipinski definition) is 1. The smallest absolute Gasteiger partial charge is 0.257 e. The molecular weight excluding hydrogens is 407 g/mol. The molecule has 0 aliphatic carbocycles. The minimum absolute atomic E-state index is 0.00211. The highest BCUT2D eigenvalue weighted by Crippen LogP contribution is 2.42. The Morgan fingerprint density at radius 3 is 2.53 bits per heavy atom. The highest BCUT2D eigenvalue weighted by Gasteiger charge is 2.45. The van der Waals surface area contributed by atoms with Crippen molar-refractivity contribution in [3.8, 4) is 5.75 Å². The normalized spacial score (nSPS) is 18.8. The Labute approximate surface area is 191 Å². The molecule has 2 fully saturated rings. The molecule has 176 valence electrons. The molecule has 0 aromatic heterocycles. The maximum absolute atomic E-state index is 14.1. The molecule has 3 rings (SSSR count). The summed E-state index contributed by atoms with van der Waals surface area (Å²) in [6.07, 6.45) is 4.03. The molecule has 2 aliphatic heterocycles. The number of likely N-dealkylation sites (tertiary alicyclic amines) is 2. The molecule has 0 saturated carbocycles. The number of ether oxygens (including phenoxy) is 1. The highest BCUT2D eigenvalue weighted by atomic mass is 19.1. The number of carbonyl (C=O) groups excluding carboxylic acids is 1. The van der Waals surface area contributed by atoms with Gasteiger partial charge in [0.1, 0.15) is 17.4 Å². The van der Waals surface area contributed by atoms with E-state index in [0.29, 0.717) is 23.5 Å². The fraction of sp³-hybridized carbons (Fsp3) is 0.560. The van der Waals surface area contributed by atoms with Crippen LogP contribution in [0.25, 0.3) is 0 Å². The minimum atomic E-state index is -0.467. The summed E-state index contributed by atoms with van der Waals surface area (Å²) in [6, 6.07) is 4.08. The van der Waals surface area contributed by atoms with E-state index >= 15 is 0 Å². The van der Waals surface area contributed by atoms with Crippen molar-refractivity contribution in [2.24, 2.45) is 5.41 Å². The third kappa shape index (κ3) is 4.93. The Morgan fingerprint density at radius 1 is 1.34 bits per heavy atom. The largest absolute Gasteiger partial charge is 0.453 e. The van der Waals surface area contributed by atoms with Gasteiger partial charge in [-0.1, -0.05) is 6.58 Å². The summed E-state index contributed by atoms with van der Waals surface area (Å²) in [4.78, 5) is 19.5. The number of rotatable bonds is 8. The number of carbonyl (C=O) groups is 1. The number of hydrogen-bond acceptors (Lipinski definition) is 5. The SMILES string of the molecule is C=C/C(Oc1ccc(F)cc1C(=O)N(CC)C(C)C)=C(\NC)N1CC2(CCN(C)CC2)C1. The monoisotopic (exact) mass is 444 g/mol. The number of nitrogens with one attached hydrogen (secondary N) is 1. The second kappa shape index (κ2) is 9.94. The number of nitrogens with zero attached hydrogens (tertiary/aromatic N) is 3. The summed E-state index contributed by atoms with van der Waals surface area (Å²) >= 11 is 0. The van der Waals surface area contributed by atoms with E-state index in [1.165, 1.54) is 31.0 Å². The van der Waals surface area contributed by atoms with E-state index in [9.17, 15) is 9.18 Å². The van der Waals surface area contributed by atoms with E-state index in [1.807, 2.05) is 27.8 Å². The Bertz CT molecular complexity index is 867. The number of benzene rings is 1. The summed E-state index contributed by atoms with van der Waals surface area (Å²) in [5.74, 6) is 0.978. The average Bonchev–Trinajstić information content (AvgIpc) is 2.74. The predicted octanol–water partition coefficient (Wildman–Crippen LogP) is 3.68. The van der Waals surface area contributed by atoms with Crippen LogP contribution in [0.15, 0.2) is 42.4 Å². The summed E-state index contributed by atoms with van der Waals surface area (Å²) < 4.78 is 20.2. The van der Waals surface area contributed by atoms with Gasteiger partial charge in [-0.3, -0.25) is 4.79 Å². The van der Waals surface area contributed by atoms with Gasteiger partial charge in [-0.25, -0.2) is 4.39 Å². The van der Waals surface area contributed by atoms with Gasteiger partial charge >= 0.3 is 0 Å². The van der Waals surface area contributed by atoms with Crippen molar-refractivity contribution in [2.45, 2.75) is 39.7 Å². The van der Waals surface area contributed by atoms with Crippen LogP contribution in [0.1, 0.15) is 44.0 Å². The van der Waals surface area contributed by atoms with Crippen LogP contribution in [0.4, 0.5) is 4.39 Å². The van der Waals surface area contributed by atoms with Crippen LogP contribution in [-0.4, -0.2) is 73.5 Å². The zero-order chi connectivity index (χ0) is 23.5. The zero-order valence-electron chi connectivity index (χ0n) is 20.1. The summed E-state index contributed by atoms with van der Waals surface area (Å²) in [7, 11) is 4.03. The molecule has 0 bridgehead atoms. The van der Waals surface area contributed by atoms with Gasteiger partial charge in [0.25, 0.3) is 5.91 Å². The van der Waals surface area contributed by atoms with Gasteiger partial charge < -0.3 is 24.8 Å². The van der Waals surface area contributed by atoms with Crippen molar-refractivity contribution in [3.05, 3.63) is 53.8 Å². The minimum Gasteiger partial charge on any atom is -0.453 e. The first kappa shape index (κ1) is 24.1. The highest BCUT2D eigenvalue weighted by molar-refractivity contribution is 5.97. The van der Waals surface area contributed by atoms with Crippen LogP contribution in [-0.2, 0) is 0 Å². The van der Waals surface area contributed by atoms with E-state index in [2.05, 4.69) is 28.7 Å². The summed E-state index contributed by atoms with van der Waals surface area (Å²) in [5.41, 5.74) is 0.572. The standard InChI is InChI=1S/C25H37FN4O2/c1-7-21(23(27-5)29-16-25(17-29)11-13-28(6)14-12-25)32-22-10-9-19(26)15-20(22)24(31)30(8-2)18(3)4/h7,9-10,15,18,27H,1,8,11-14,16-17H2,2-6H3/b23-21-. The Kier molecular flexibility index (Phi) is 7.49. The van der Waals surface area contributed by atoms with E-state index in [4.69, 9.17) is 4.74 Å². The predicted molar refractivity (Wildman–Crippen MR) is 126 cm³/mol. The molecule has 2 saturated heterocycles. The lowest BCUT2D eigenvalue weighted by molar-refractivity contribution is -0.0267. The number of halogens is 1. The summed E-state index contributed by atoms with van der Waals surface area (Å²) in [6.45, 7) is 14.4. The molecule has 0 atom stereocenters. The van der Waals surface area contributed by atoms with Crippen molar-refractivity contribution in [1.82, 2.24) is 20.0 Å². The van der Waals surface area contributed by atoms with Crippen LogP contribution >= 0.6 is 0 Å². The molecule has 1 spiro atoms.